The van der Waals surface area contributed by atoms with Crippen molar-refractivity contribution < 1.29 is 19.4 Å². The van der Waals surface area contributed by atoms with Crippen molar-refractivity contribution in [1.29, 1.82) is 0 Å². The van der Waals surface area contributed by atoms with Crippen LogP contribution in [-0.2, 0) is 14.3 Å². The lowest BCUT2D eigenvalue weighted by Gasteiger charge is -2.27. The number of carboxylic acid groups (broad SMARTS) is 1. The Hall–Kier alpha value is -1.42. The van der Waals surface area contributed by atoms with E-state index in [1.807, 2.05) is 0 Å². The second kappa shape index (κ2) is 4.11. The number of allylic oxidation sites excluding steroid dienone is 2. The molecule has 1 heterocycles. The maximum absolute atomic E-state index is 12.1. The van der Waals surface area contributed by atoms with E-state index in [2.05, 4.69) is 6.58 Å². The van der Waals surface area contributed by atoms with Crippen LogP contribution in [0.25, 0.3) is 0 Å². The molecule has 2 atom stereocenters. The number of ether oxygens (including phenoxy) is 1. The molecule has 0 bridgehead atoms. The average Bonchev–Trinajstić information content (AvgIpc) is 3.01. The third-order valence-corrected chi connectivity index (χ3v) is 3.68. The van der Waals surface area contributed by atoms with Crippen molar-refractivity contribution in [3.05, 3.63) is 23.8 Å². The van der Waals surface area contributed by atoms with Crippen LogP contribution in [0.5, 0.6) is 0 Å². The van der Waals surface area contributed by atoms with Crippen molar-refractivity contribution in [1.82, 2.24) is 0 Å². The Morgan fingerprint density at radius 1 is 1.65 bits per heavy atom. The topological polar surface area (TPSA) is 66.9 Å². The number of carbonyl (C=O) groups excluding carboxylic acids is 1. The number of ketones is 1. The molecule has 2 rings (SSSR count). The van der Waals surface area contributed by atoms with Crippen molar-refractivity contribution in [3.63, 3.8) is 0 Å². The molecule has 0 spiro atoms. The van der Waals surface area contributed by atoms with Crippen LogP contribution in [0.1, 0.15) is 26.2 Å². The molecule has 1 saturated heterocycles. The number of epoxide rings is 1. The van der Waals surface area contributed by atoms with Gasteiger partial charge in [-0.15, -0.1) is 0 Å². The average molecular weight is 236 g/mol. The molecule has 92 valence electrons. The van der Waals surface area contributed by atoms with E-state index in [1.165, 1.54) is 6.08 Å². The quantitative estimate of drug-likeness (QED) is 0.583. The Labute approximate surface area is 100.0 Å². The Morgan fingerprint density at radius 3 is 2.76 bits per heavy atom. The number of aliphatic carboxylic acids is 1. The third-order valence-electron chi connectivity index (χ3n) is 3.68. The zero-order valence-corrected chi connectivity index (χ0v) is 9.86. The van der Waals surface area contributed by atoms with Gasteiger partial charge in [0.2, 0.25) is 0 Å². The summed E-state index contributed by atoms with van der Waals surface area (Å²) in [7, 11) is 0. The van der Waals surface area contributed by atoms with E-state index in [4.69, 9.17) is 4.74 Å². The lowest BCUT2D eigenvalue weighted by molar-refractivity contribution is -0.136. The van der Waals surface area contributed by atoms with Crippen LogP contribution in [0.2, 0.25) is 0 Å². The Bertz CT molecular complexity index is 417. The standard InChI is InChI=1S/C13H16O4/c1-3-10(14)13(6-9-7-17-9)5-4-8(2)11(13)12(15)16/h3,9H,1,4-7H2,2H3,(H,15,16). The molecule has 1 N–H and O–H groups in total. The maximum Gasteiger partial charge on any atom is 0.332 e. The van der Waals surface area contributed by atoms with Gasteiger partial charge in [0.1, 0.15) is 0 Å². The molecule has 0 aromatic heterocycles. The van der Waals surface area contributed by atoms with Gasteiger partial charge in [0.05, 0.1) is 18.1 Å². The lowest BCUT2D eigenvalue weighted by Crippen LogP contribution is -2.34. The normalized spacial score (nSPS) is 31.5. The fourth-order valence-corrected chi connectivity index (χ4v) is 2.77. The summed E-state index contributed by atoms with van der Waals surface area (Å²) in [5, 5.41) is 9.31. The first-order valence-electron chi connectivity index (χ1n) is 5.73. The second-order valence-electron chi connectivity index (χ2n) is 4.77. The molecule has 2 unspecified atom stereocenters. The third kappa shape index (κ3) is 1.93. The molecule has 4 nitrogen and oxygen atoms in total. The summed E-state index contributed by atoms with van der Waals surface area (Å²) in [6.45, 7) is 5.90. The highest BCUT2D eigenvalue weighted by Gasteiger charge is 2.50. The van der Waals surface area contributed by atoms with Crippen molar-refractivity contribution in [2.24, 2.45) is 5.41 Å². The molecule has 1 aliphatic carbocycles. The van der Waals surface area contributed by atoms with Gasteiger partial charge in [-0.1, -0.05) is 12.2 Å². The van der Waals surface area contributed by atoms with Crippen LogP contribution < -0.4 is 0 Å². The Balaban J connectivity index is 2.42. The van der Waals surface area contributed by atoms with E-state index >= 15 is 0 Å². The van der Waals surface area contributed by atoms with Crippen molar-refractivity contribution in [2.45, 2.75) is 32.3 Å². The fourth-order valence-electron chi connectivity index (χ4n) is 2.77. The van der Waals surface area contributed by atoms with Gasteiger partial charge in [-0.25, -0.2) is 4.79 Å². The molecule has 0 amide bonds. The Morgan fingerprint density at radius 2 is 2.29 bits per heavy atom. The van der Waals surface area contributed by atoms with Gasteiger partial charge < -0.3 is 9.84 Å². The van der Waals surface area contributed by atoms with Gasteiger partial charge in [0, 0.05) is 5.57 Å². The van der Waals surface area contributed by atoms with Gasteiger partial charge in [0.15, 0.2) is 5.78 Å². The summed E-state index contributed by atoms with van der Waals surface area (Å²) < 4.78 is 5.15. The highest BCUT2D eigenvalue weighted by Crippen LogP contribution is 2.49. The molecule has 1 aliphatic heterocycles. The molecule has 0 aromatic rings. The summed E-state index contributed by atoms with van der Waals surface area (Å²) in [6.07, 6.45) is 2.96. The largest absolute Gasteiger partial charge is 0.478 e. The minimum Gasteiger partial charge on any atom is -0.478 e. The molecule has 1 fully saturated rings. The zero-order valence-electron chi connectivity index (χ0n) is 9.86. The van der Waals surface area contributed by atoms with Crippen LogP contribution in [0.15, 0.2) is 23.8 Å². The highest BCUT2D eigenvalue weighted by atomic mass is 16.6. The van der Waals surface area contributed by atoms with E-state index in [0.29, 0.717) is 25.9 Å². The van der Waals surface area contributed by atoms with Gasteiger partial charge in [-0.3, -0.25) is 4.79 Å². The molecular weight excluding hydrogens is 220 g/mol. The predicted molar refractivity (Wildman–Crippen MR) is 61.6 cm³/mol. The summed E-state index contributed by atoms with van der Waals surface area (Å²) in [4.78, 5) is 23.5. The number of carboxylic acids is 1. The predicted octanol–water partition coefficient (Wildman–Crippen LogP) is 1.71. The minimum atomic E-state index is -0.990. The first-order valence-corrected chi connectivity index (χ1v) is 5.73. The summed E-state index contributed by atoms with van der Waals surface area (Å²) in [5.74, 6) is -1.18. The molecule has 2 aliphatic rings. The first-order chi connectivity index (χ1) is 8.01. The zero-order chi connectivity index (χ0) is 12.6. The Kier molecular flexibility index (Phi) is 2.91. The highest BCUT2D eigenvalue weighted by molar-refractivity contribution is 6.05. The molecule has 4 heteroatoms. The van der Waals surface area contributed by atoms with E-state index in [-0.39, 0.29) is 17.5 Å². The number of hydrogen-bond donors (Lipinski definition) is 1. The lowest BCUT2D eigenvalue weighted by atomic mass is 9.73. The first kappa shape index (κ1) is 12.0. The summed E-state index contributed by atoms with van der Waals surface area (Å²) in [6, 6.07) is 0. The number of carbonyl (C=O) groups is 2. The van der Waals surface area contributed by atoms with E-state index < -0.39 is 11.4 Å². The number of hydrogen-bond acceptors (Lipinski definition) is 3. The maximum atomic E-state index is 12.1. The van der Waals surface area contributed by atoms with Gasteiger partial charge in [-0.2, -0.15) is 0 Å². The van der Waals surface area contributed by atoms with E-state index in [9.17, 15) is 14.7 Å². The van der Waals surface area contributed by atoms with Crippen molar-refractivity contribution >= 4 is 11.8 Å². The van der Waals surface area contributed by atoms with Crippen LogP contribution in [-0.4, -0.2) is 29.6 Å². The fraction of sp³-hybridized carbons (Fsp3) is 0.538. The van der Waals surface area contributed by atoms with Crippen LogP contribution in [0.4, 0.5) is 0 Å². The summed E-state index contributed by atoms with van der Waals surface area (Å²) >= 11 is 0. The molecule has 0 aromatic carbocycles. The minimum absolute atomic E-state index is 0.0270. The summed E-state index contributed by atoms with van der Waals surface area (Å²) in [5.41, 5.74) is 0.157. The van der Waals surface area contributed by atoms with Crippen LogP contribution >= 0.6 is 0 Å². The van der Waals surface area contributed by atoms with Crippen molar-refractivity contribution in [3.8, 4) is 0 Å². The molecule has 0 radical (unpaired) electrons. The van der Waals surface area contributed by atoms with Gasteiger partial charge >= 0.3 is 5.97 Å². The van der Waals surface area contributed by atoms with E-state index in [1.54, 1.807) is 6.92 Å². The smallest absolute Gasteiger partial charge is 0.332 e. The number of rotatable bonds is 5. The second-order valence-corrected chi connectivity index (χ2v) is 4.77. The van der Waals surface area contributed by atoms with Gasteiger partial charge in [0.25, 0.3) is 0 Å². The van der Waals surface area contributed by atoms with E-state index in [0.717, 1.165) is 5.57 Å². The van der Waals surface area contributed by atoms with Crippen molar-refractivity contribution in [2.75, 3.05) is 6.61 Å². The van der Waals surface area contributed by atoms with Gasteiger partial charge in [-0.05, 0) is 32.3 Å². The molecular formula is C13H16O4. The van der Waals surface area contributed by atoms with Crippen LogP contribution in [0, 0.1) is 5.41 Å². The molecule has 0 saturated carbocycles. The monoisotopic (exact) mass is 236 g/mol. The molecule has 17 heavy (non-hydrogen) atoms. The van der Waals surface area contributed by atoms with Crippen LogP contribution in [0.3, 0.4) is 0 Å². The SMILES string of the molecule is C=CC(=O)C1(CC2CO2)CCC(C)=C1C(=O)O.